The fourth-order valence-corrected chi connectivity index (χ4v) is 2.86. The first-order chi connectivity index (χ1) is 8.22. The maximum Gasteiger partial charge on any atom is 0.244 e. The van der Waals surface area contributed by atoms with Gasteiger partial charge in [-0.15, -0.1) is 0 Å². The molecule has 2 saturated heterocycles. The summed E-state index contributed by atoms with van der Waals surface area (Å²) < 4.78 is 0. The summed E-state index contributed by atoms with van der Waals surface area (Å²) >= 11 is 0. The number of nitrogens with one attached hydrogen (secondary N) is 2. The molecule has 2 unspecified atom stereocenters. The number of carbonyl (C=O) groups is 2. The van der Waals surface area contributed by atoms with Crippen molar-refractivity contribution in [3.8, 4) is 0 Å². The molecule has 2 amide bonds. The molecule has 0 aromatic carbocycles. The fraction of sp³-hybridized carbons (Fsp3) is 0.833. The van der Waals surface area contributed by atoms with E-state index in [0.29, 0.717) is 12.5 Å². The zero-order chi connectivity index (χ0) is 12.3. The van der Waals surface area contributed by atoms with Gasteiger partial charge in [0.15, 0.2) is 0 Å². The second kappa shape index (κ2) is 5.60. The van der Waals surface area contributed by atoms with Crippen LogP contribution < -0.4 is 10.6 Å². The topological polar surface area (TPSA) is 61.4 Å². The van der Waals surface area contributed by atoms with E-state index in [1.165, 1.54) is 6.42 Å². The van der Waals surface area contributed by atoms with Crippen molar-refractivity contribution in [3.63, 3.8) is 0 Å². The van der Waals surface area contributed by atoms with Gasteiger partial charge in [0.2, 0.25) is 11.8 Å². The van der Waals surface area contributed by atoms with Crippen LogP contribution in [0.5, 0.6) is 0 Å². The lowest BCUT2D eigenvalue weighted by Gasteiger charge is -2.38. The number of carbonyl (C=O) groups excluding carboxylic acids is 2. The van der Waals surface area contributed by atoms with E-state index < -0.39 is 0 Å². The van der Waals surface area contributed by atoms with Crippen molar-refractivity contribution in [3.05, 3.63) is 0 Å². The molecule has 0 spiro atoms. The summed E-state index contributed by atoms with van der Waals surface area (Å²) in [5, 5.41) is 5.56. The number of nitrogens with zero attached hydrogens (tertiary/aromatic N) is 1. The minimum atomic E-state index is -0.218. The normalized spacial score (nSPS) is 30.6. The van der Waals surface area contributed by atoms with E-state index in [9.17, 15) is 9.59 Å². The Morgan fingerprint density at radius 2 is 2.24 bits per heavy atom. The summed E-state index contributed by atoms with van der Waals surface area (Å²) in [6.07, 6.45) is 4.89. The fourth-order valence-electron chi connectivity index (χ4n) is 2.86. The molecule has 2 rings (SSSR count). The average molecular weight is 239 g/mol. The van der Waals surface area contributed by atoms with E-state index in [-0.39, 0.29) is 17.9 Å². The molecule has 2 fully saturated rings. The van der Waals surface area contributed by atoms with Gasteiger partial charge in [-0.1, -0.05) is 6.42 Å². The largest absolute Gasteiger partial charge is 0.320 e. The first kappa shape index (κ1) is 12.5. The summed E-state index contributed by atoms with van der Waals surface area (Å²) in [5.41, 5.74) is 0. The van der Waals surface area contributed by atoms with Gasteiger partial charge in [-0.3, -0.25) is 19.8 Å². The van der Waals surface area contributed by atoms with E-state index >= 15 is 0 Å². The molecular weight excluding hydrogens is 218 g/mol. The minimum Gasteiger partial charge on any atom is -0.320 e. The van der Waals surface area contributed by atoms with Gasteiger partial charge in [-0.25, -0.2) is 0 Å². The number of rotatable bonds is 4. The molecule has 2 heterocycles. The Labute approximate surface area is 102 Å². The van der Waals surface area contributed by atoms with Crippen LogP contribution >= 0.6 is 0 Å². The number of piperidine rings is 1. The molecule has 2 atom stereocenters. The van der Waals surface area contributed by atoms with Crippen LogP contribution in [-0.2, 0) is 9.59 Å². The van der Waals surface area contributed by atoms with Gasteiger partial charge >= 0.3 is 0 Å². The zero-order valence-corrected chi connectivity index (χ0v) is 10.4. The highest BCUT2D eigenvalue weighted by Gasteiger charge is 2.38. The minimum absolute atomic E-state index is 0.105. The number of imide groups is 1. The summed E-state index contributed by atoms with van der Waals surface area (Å²) in [7, 11) is 1.94. The van der Waals surface area contributed by atoms with E-state index in [2.05, 4.69) is 15.5 Å². The van der Waals surface area contributed by atoms with Crippen molar-refractivity contribution in [1.29, 1.82) is 0 Å². The SMILES string of the molecule is CNCCC1CCCCN1C1CC(=O)NC1=O. The van der Waals surface area contributed by atoms with Crippen LogP contribution in [0.2, 0.25) is 0 Å². The number of hydrogen-bond donors (Lipinski definition) is 2. The third kappa shape index (κ3) is 2.84. The molecule has 0 aromatic rings. The second-order valence-electron chi connectivity index (χ2n) is 4.91. The Hall–Kier alpha value is -0.940. The van der Waals surface area contributed by atoms with Crippen molar-refractivity contribution in [2.75, 3.05) is 20.1 Å². The van der Waals surface area contributed by atoms with Crippen molar-refractivity contribution in [1.82, 2.24) is 15.5 Å². The molecule has 2 aliphatic heterocycles. The zero-order valence-electron chi connectivity index (χ0n) is 10.4. The van der Waals surface area contributed by atoms with Gasteiger partial charge in [-0.05, 0) is 39.4 Å². The average Bonchev–Trinajstić information content (AvgIpc) is 2.66. The molecule has 5 heteroatoms. The highest BCUT2D eigenvalue weighted by molar-refractivity contribution is 6.05. The summed E-state index contributed by atoms with van der Waals surface area (Å²) in [5.74, 6) is -0.232. The van der Waals surface area contributed by atoms with Gasteiger partial charge in [0.1, 0.15) is 0 Å². The van der Waals surface area contributed by atoms with Gasteiger partial charge < -0.3 is 5.32 Å². The lowest BCUT2D eigenvalue weighted by Crippen LogP contribution is -2.50. The van der Waals surface area contributed by atoms with E-state index in [1.54, 1.807) is 0 Å². The first-order valence-electron chi connectivity index (χ1n) is 6.46. The first-order valence-corrected chi connectivity index (χ1v) is 6.46. The number of likely N-dealkylation sites (tertiary alicyclic amines) is 1. The molecule has 0 radical (unpaired) electrons. The van der Waals surface area contributed by atoms with Crippen LogP contribution in [0, 0.1) is 0 Å². The lowest BCUT2D eigenvalue weighted by atomic mass is 9.96. The number of amides is 2. The predicted molar refractivity (Wildman–Crippen MR) is 64.4 cm³/mol. The van der Waals surface area contributed by atoms with Crippen LogP contribution in [0.15, 0.2) is 0 Å². The standard InChI is InChI=1S/C12H21N3O2/c1-13-6-5-9-4-2-3-7-15(9)10-8-11(16)14-12(10)17/h9-10,13H,2-8H2,1H3,(H,14,16,17). The van der Waals surface area contributed by atoms with E-state index in [0.717, 1.165) is 32.4 Å². The van der Waals surface area contributed by atoms with Crippen LogP contribution in [0.4, 0.5) is 0 Å². The highest BCUT2D eigenvalue weighted by atomic mass is 16.2. The molecule has 0 aromatic heterocycles. The predicted octanol–water partition coefficient (Wildman–Crippen LogP) is -0.134. The monoisotopic (exact) mass is 239 g/mol. The molecule has 0 bridgehead atoms. The van der Waals surface area contributed by atoms with Crippen molar-refractivity contribution >= 4 is 11.8 Å². The molecular formula is C12H21N3O2. The Kier molecular flexibility index (Phi) is 4.12. The van der Waals surface area contributed by atoms with Gasteiger partial charge in [-0.2, -0.15) is 0 Å². The Morgan fingerprint density at radius 3 is 2.88 bits per heavy atom. The van der Waals surface area contributed by atoms with Gasteiger partial charge in [0, 0.05) is 6.04 Å². The molecule has 5 nitrogen and oxygen atoms in total. The Bertz CT molecular complexity index is 306. The summed E-state index contributed by atoms with van der Waals surface area (Å²) in [6, 6.07) is 0.225. The van der Waals surface area contributed by atoms with Crippen molar-refractivity contribution < 1.29 is 9.59 Å². The quantitative estimate of drug-likeness (QED) is 0.671. The van der Waals surface area contributed by atoms with Crippen molar-refractivity contribution in [2.45, 2.75) is 44.2 Å². The van der Waals surface area contributed by atoms with Crippen molar-refractivity contribution in [2.24, 2.45) is 0 Å². The summed E-state index contributed by atoms with van der Waals surface area (Å²) in [4.78, 5) is 25.2. The Morgan fingerprint density at radius 1 is 1.41 bits per heavy atom. The second-order valence-corrected chi connectivity index (χ2v) is 4.91. The molecule has 0 aliphatic carbocycles. The molecule has 96 valence electrons. The third-order valence-electron chi connectivity index (χ3n) is 3.74. The van der Waals surface area contributed by atoms with Crippen LogP contribution in [0.25, 0.3) is 0 Å². The van der Waals surface area contributed by atoms with E-state index in [4.69, 9.17) is 0 Å². The van der Waals surface area contributed by atoms with Gasteiger partial charge in [0.05, 0.1) is 12.5 Å². The lowest BCUT2D eigenvalue weighted by molar-refractivity contribution is -0.127. The molecule has 17 heavy (non-hydrogen) atoms. The highest BCUT2D eigenvalue weighted by Crippen LogP contribution is 2.24. The molecule has 2 N–H and O–H groups in total. The smallest absolute Gasteiger partial charge is 0.244 e. The third-order valence-corrected chi connectivity index (χ3v) is 3.74. The van der Waals surface area contributed by atoms with Crippen LogP contribution in [0.1, 0.15) is 32.1 Å². The van der Waals surface area contributed by atoms with Crippen LogP contribution in [0.3, 0.4) is 0 Å². The maximum atomic E-state index is 11.7. The molecule has 0 saturated carbocycles. The maximum absolute atomic E-state index is 11.7. The summed E-state index contributed by atoms with van der Waals surface area (Å²) in [6.45, 7) is 1.91. The Balaban J connectivity index is 2.00. The van der Waals surface area contributed by atoms with Crippen LogP contribution in [-0.4, -0.2) is 48.9 Å². The van der Waals surface area contributed by atoms with Gasteiger partial charge in [0.25, 0.3) is 0 Å². The van der Waals surface area contributed by atoms with E-state index in [1.807, 2.05) is 7.05 Å². The molecule has 2 aliphatic rings. The number of hydrogen-bond acceptors (Lipinski definition) is 4.